The number of rotatable bonds is 4. The highest BCUT2D eigenvalue weighted by Gasteiger charge is 2.09. The van der Waals surface area contributed by atoms with Gasteiger partial charge in [0.1, 0.15) is 12.4 Å². The monoisotopic (exact) mass is 312 g/mol. The van der Waals surface area contributed by atoms with Gasteiger partial charge in [0.15, 0.2) is 0 Å². The largest absolute Gasteiger partial charge is 0.487 e. The summed E-state index contributed by atoms with van der Waals surface area (Å²) < 4.78 is 6.74. The number of halogens is 1. The first kappa shape index (κ1) is 12.5. The highest BCUT2D eigenvalue weighted by Crippen LogP contribution is 2.28. The molecule has 17 heavy (non-hydrogen) atoms. The predicted octanol–water partition coefficient (Wildman–Crippen LogP) is 3.50. The van der Waals surface area contributed by atoms with Crippen molar-refractivity contribution < 1.29 is 4.74 Å². The van der Waals surface area contributed by atoms with Crippen LogP contribution in [0, 0.1) is 0 Å². The Kier molecular flexibility index (Phi) is 4.15. The number of nitrogens with zero attached hydrogens (tertiary/aromatic N) is 1. The third-order valence-corrected chi connectivity index (χ3v) is 3.45. The second-order valence-electron chi connectivity index (χ2n) is 3.74. The third kappa shape index (κ3) is 3.28. The fraction of sp³-hybridized carbons (Fsp3) is 0.250. The van der Waals surface area contributed by atoms with Crippen molar-refractivity contribution in [3.05, 3.63) is 44.8 Å². The lowest BCUT2D eigenvalue weighted by Crippen LogP contribution is -2.08. The topological polar surface area (TPSA) is 48.1 Å². The molecule has 1 atom stereocenters. The second-order valence-corrected chi connectivity index (χ2v) is 5.37. The van der Waals surface area contributed by atoms with Crippen molar-refractivity contribution in [3.63, 3.8) is 0 Å². The van der Waals surface area contributed by atoms with Gasteiger partial charge in [-0.05, 0) is 19.1 Å². The Balaban J connectivity index is 2.16. The lowest BCUT2D eigenvalue weighted by molar-refractivity contribution is 0.297. The van der Waals surface area contributed by atoms with Crippen LogP contribution in [0.5, 0.6) is 5.75 Å². The van der Waals surface area contributed by atoms with Gasteiger partial charge in [-0.1, -0.05) is 22.0 Å². The minimum atomic E-state index is -0.0477. The molecule has 90 valence electrons. The van der Waals surface area contributed by atoms with E-state index in [4.69, 9.17) is 10.5 Å². The molecular weight excluding hydrogens is 300 g/mol. The summed E-state index contributed by atoms with van der Waals surface area (Å²) in [5, 5.41) is 1.98. The maximum Gasteiger partial charge on any atom is 0.131 e. The highest BCUT2D eigenvalue weighted by atomic mass is 79.9. The fourth-order valence-electron chi connectivity index (χ4n) is 1.47. The van der Waals surface area contributed by atoms with Crippen LogP contribution < -0.4 is 10.5 Å². The summed E-state index contributed by atoms with van der Waals surface area (Å²) in [4.78, 5) is 4.18. The van der Waals surface area contributed by atoms with Crippen LogP contribution in [-0.2, 0) is 6.61 Å². The third-order valence-electron chi connectivity index (χ3n) is 2.33. The van der Waals surface area contributed by atoms with E-state index >= 15 is 0 Å². The Bertz CT molecular complexity index is 485. The number of thiazole rings is 1. The van der Waals surface area contributed by atoms with Gasteiger partial charge in [0.05, 0.1) is 11.2 Å². The normalized spacial score (nSPS) is 12.4. The first-order chi connectivity index (χ1) is 8.16. The molecule has 0 radical (unpaired) electrons. The van der Waals surface area contributed by atoms with Crippen molar-refractivity contribution >= 4 is 27.3 Å². The summed E-state index contributed by atoms with van der Waals surface area (Å²) in [5.41, 5.74) is 9.64. The van der Waals surface area contributed by atoms with Gasteiger partial charge < -0.3 is 10.5 Å². The molecule has 2 rings (SSSR count). The van der Waals surface area contributed by atoms with Gasteiger partial charge in [-0.3, -0.25) is 0 Å². The van der Waals surface area contributed by atoms with Crippen LogP contribution in [0.3, 0.4) is 0 Å². The van der Waals surface area contributed by atoms with Crippen LogP contribution in [0.2, 0.25) is 0 Å². The molecule has 1 heterocycles. The SMILES string of the molecule is C[C@H](N)c1ccc(Br)cc1OCc1cscn1. The van der Waals surface area contributed by atoms with E-state index in [0.717, 1.165) is 21.5 Å². The summed E-state index contributed by atoms with van der Waals surface area (Å²) in [6.07, 6.45) is 0. The standard InChI is InChI=1S/C12H13BrN2OS/c1-8(14)11-3-2-9(13)4-12(11)16-5-10-6-17-7-15-10/h2-4,6-8H,5,14H2,1H3/t8-/m0/s1. The van der Waals surface area contributed by atoms with Gasteiger partial charge in [-0.25, -0.2) is 4.98 Å². The zero-order valence-electron chi connectivity index (χ0n) is 9.39. The van der Waals surface area contributed by atoms with Crippen molar-refractivity contribution in [2.75, 3.05) is 0 Å². The molecule has 1 aromatic heterocycles. The minimum absolute atomic E-state index is 0.0477. The molecule has 0 aliphatic carbocycles. The van der Waals surface area contributed by atoms with E-state index in [1.807, 2.05) is 30.5 Å². The lowest BCUT2D eigenvalue weighted by atomic mass is 10.1. The van der Waals surface area contributed by atoms with Crippen LogP contribution in [0.15, 0.2) is 33.6 Å². The molecule has 0 saturated carbocycles. The molecule has 0 fully saturated rings. The molecular formula is C12H13BrN2OS. The molecule has 2 aromatic rings. The number of hydrogen-bond donors (Lipinski definition) is 1. The van der Waals surface area contributed by atoms with Crippen molar-refractivity contribution in [2.45, 2.75) is 19.6 Å². The highest BCUT2D eigenvalue weighted by molar-refractivity contribution is 9.10. The summed E-state index contributed by atoms with van der Waals surface area (Å²) in [5.74, 6) is 0.808. The van der Waals surface area contributed by atoms with Gasteiger partial charge in [-0.15, -0.1) is 11.3 Å². The van der Waals surface area contributed by atoms with Gasteiger partial charge in [0, 0.05) is 21.5 Å². The number of hydrogen-bond acceptors (Lipinski definition) is 4. The van der Waals surface area contributed by atoms with Crippen LogP contribution in [0.25, 0.3) is 0 Å². The first-order valence-electron chi connectivity index (χ1n) is 5.21. The Labute approximate surface area is 113 Å². The molecule has 1 aromatic carbocycles. The number of benzene rings is 1. The zero-order valence-corrected chi connectivity index (χ0v) is 11.8. The van der Waals surface area contributed by atoms with Crippen molar-refractivity contribution in [3.8, 4) is 5.75 Å². The Morgan fingerprint density at radius 1 is 1.53 bits per heavy atom. The van der Waals surface area contributed by atoms with Crippen LogP contribution >= 0.6 is 27.3 Å². The second kappa shape index (κ2) is 5.62. The summed E-state index contributed by atoms with van der Waals surface area (Å²) in [6, 6.07) is 5.83. The van der Waals surface area contributed by atoms with Crippen LogP contribution in [-0.4, -0.2) is 4.98 Å². The van der Waals surface area contributed by atoms with Crippen molar-refractivity contribution in [1.82, 2.24) is 4.98 Å². The van der Waals surface area contributed by atoms with Gasteiger partial charge in [-0.2, -0.15) is 0 Å². The zero-order chi connectivity index (χ0) is 12.3. The number of aromatic nitrogens is 1. The summed E-state index contributed by atoms with van der Waals surface area (Å²) in [6.45, 7) is 2.42. The molecule has 0 spiro atoms. The van der Waals surface area contributed by atoms with E-state index in [-0.39, 0.29) is 6.04 Å². The smallest absolute Gasteiger partial charge is 0.131 e. The molecule has 5 heteroatoms. The first-order valence-corrected chi connectivity index (χ1v) is 6.95. The van der Waals surface area contributed by atoms with E-state index in [0.29, 0.717) is 6.61 Å². The molecule has 0 aliphatic heterocycles. The van der Waals surface area contributed by atoms with Crippen LogP contribution in [0.1, 0.15) is 24.2 Å². The summed E-state index contributed by atoms with van der Waals surface area (Å²) in [7, 11) is 0. The van der Waals surface area contributed by atoms with E-state index in [9.17, 15) is 0 Å². The van der Waals surface area contributed by atoms with Gasteiger partial charge in [0.2, 0.25) is 0 Å². The van der Waals surface area contributed by atoms with E-state index in [1.54, 1.807) is 16.8 Å². The average molecular weight is 313 g/mol. The summed E-state index contributed by atoms with van der Waals surface area (Å²) >= 11 is 4.99. The number of nitrogens with two attached hydrogens (primary N) is 1. The Morgan fingerprint density at radius 2 is 2.35 bits per heavy atom. The van der Waals surface area contributed by atoms with E-state index in [1.165, 1.54) is 0 Å². The Morgan fingerprint density at radius 3 is 3.00 bits per heavy atom. The lowest BCUT2D eigenvalue weighted by Gasteiger charge is -2.13. The maximum absolute atomic E-state index is 5.90. The number of ether oxygens (including phenoxy) is 1. The maximum atomic E-state index is 5.90. The van der Waals surface area contributed by atoms with E-state index < -0.39 is 0 Å². The average Bonchev–Trinajstić information content (AvgIpc) is 2.78. The van der Waals surface area contributed by atoms with Crippen molar-refractivity contribution in [1.29, 1.82) is 0 Å². The molecule has 0 unspecified atom stereocenters. The molecule has 0 bridgehead atoms. The molecule has 0 saturated heterocycles. The van der Waals surface area contributed by atoms with Gasteiger partial charge >= 0.3 is 0 Å². The molecule has 3 nitrogen and oxygen atoms in total. The molecule has 0 amide bonds. The predicted molar refractivity (Wildman–Crippen MR) is 73.2 cm³/mol. The van der Waals surface area contributed by atoms with Crippen molar-refractivity contribution in [2.24, 2.45) is 5.73 Å². The molecule has 2 N–H and O–H groups in total. The minimum Gasteiger partial charge on any atom is -0.487 e. The van der Waals surface area contributed by atoms with Gasteiger partial charge in [0.25, 0.3) is 0 Å². The fourth-order valence-corrected chi connectivity index (χ4v) is 2.35. The van der Waals surface area contributed by atoms with Crippen LogP contribution in [0.4, 0.5) is 0 Å². The quantitative estimate of drug-likeness (QED) is 0.940. The Hall–Kier alpha value is -0.910. The molecule has 0 aliphatic rings. The van der Waals surface area contributed by atoms with E-state index in [2.05, 4.69) is 20.9 Å².